The molecule has 4 aromatic rings. The molecule has 1 aliphatic rings. The lowest BCUT2D eigenvalue weighted by Gasteiger charge is -2.40. The van der Waals surface area contributed by atoms with E-state index in [1.165, 1.54) is 25.7 Å². The molecule has 0 unspecified atom stereocenters. The monoisotopic (exact) mass is 626 g/mol. The van der Waals surface area contributed by atoms with Crippen LogP contribution in [0.25, 0.3) is 22.0 Å². The standard InChI is InChI=1S/C30H32F2N6O5S/c1-18-16-37(43-29(39)30(2,3)4)10-11-38(18)27-22-12-19(6-8-24(22)34-17-35-27)20-13-26(28(42-5)33-15-20)44(40,41)36-25-9-7-21(31)14-23(25)32/h6-9,12-15,17-18,36H,10-11,16H2,1-5H3/t18-/m0/s1. The fourth-order valence-corrected chi connectivity index (χ4v) is 5.95. The number of carbonyl (C=O) groups is 1. The van der Waals surface area contributed by atoms with Gasteiger partial charge in [-0.15, -0.1) is 5.06 Å². The van der Waals surface area contributed by atoms with E-state index < -0.39 is 32.8 Å². The molecule has 2 aromatic heterocycles. The summed E-state index contributed by atoms with van der Waals surface area (Å²) in [4.78, 5) is 32.9. The molecule has 3 heterocycles. The summed E-state index contributed by atoms with van der Waals surface area (Å²) in [7, 11) is -3.13. The summed E-state index contributed by atoms with van der Waals surface area (Å²) in [6.07, 6.45) is 2.95. The van der Waals surface area contributed by atoms with Crippen LogP contribution in [0.4, 0.5) is 20.3 Å². The number of aromatic nitrogens is 3. The summed E-state index contributed by atoms with van der Waals surface area (Å²) in [5, 5.41) is 2.39. The molecule has 14 heteroatoms. The molecular weight excluding hydrogens is 594 g/mol. The predicted molar refractivity (Wildman–Crippen MR) is 160 cm³/mol. The molecule has 0 bridgehead atoms. The summed E-state index contributed by atoms with van der Waals surface area (Å²) < 4.78 is 61.6. The van der Waals surface area contributed by atoms with Crippen molar-refractivity contribution in [3.05, 3.63) is 66.6 Å². The van der Waals surface area contributed by atoms with E-state index in [1.807, 2.05) is 13.0 Å². The highest BCUT2D eigenvalue weighted by molar-refractivity contribution is 7.92. The summed E-state index contributed by atoms with van der Waals surface area (Å²) >= 11 is 0. The van der Waals surface area contributed by atoms with Gasteiger partial charge >= 0.3 is 5.97 Å². The van der Waals surface area contributed by atoms with Gasteiger partial charge in [-0.1, -0.05) is 6.07 Å². The van der Waals surface area contributed by atoms with Crippen molar-refractivity contribution >= 4 is 38.4 Å². The SMILES string of the molecule is COc1ncc(-c2ccc3ncnc(N4CCN(OC(=O)C(C)(C)C)C[C@@H]4C)c3c2)cc1S(=O)(=O)Nc1ccc(F)cc1F. The fraction of sp³-hybridized carbons (Fsp3) is 0.333. The Morgan fingerprint density at radius 3 is 2.48 bits per heavy atom. The predicted octanol–water partition coefficient (Wildman–Crippen LogP) is 4.79. The molecule has 1 fully saturated rings. The number of hydroxylamine groups is 2. The van der Waals surface area contributed by atoms with E-state index >= 15 is 0 Å². The number of sulfonamides is 1. The minimum atomic E-state index is -4.39. The Morgan fingerprint density at radius 2 is 1.80 bits per heavy atom. The third-order valence-corrected chi connectivity index (χ3v) is 8.47. The van der Waals surface area contributed by atoms with Crippen molar-refractivity contribution in [1.29, 1.82) is 0 Å². The van der Waals surface area contributed by atoms with E-state index in [4.69, 9.17) is 9.57 Å². The third kappa shape index (κ3) is 6.40. The van der Waals surface area contributed by atoms with Gasteiger partial charge in [-0.05, 0) is 63.6 Å². The molecule has 44 heavy (non-hydrogen) atoms. The number of hydrogen-bond acceptors (Lipinski definition) is 10. The first-order valence-electron chi connectivity index (χ1n) is 13.8. The average Bonchev–Trinajstić information content (AvgIpc) is 2.97. The molecule has 1 N–H and O–H groups in total. The van der Waals surface area contributed by atoms with Gasteiger partial charge in [0.05, 0.1) is 36.8 Å². The largest absolute Gasteiger partial charge is 0.480 e. The Morgan fingerprint density at radius 1 is 1.02 bits per heavy atom. The van der Waals surface area contributed by atoms with E-state index in [-0.39, 0.29) is 22.8 Å². The van der Waals surface area contributed by atoms with Crippen molar-refractivity contribution in [3.63, 3.8) is 0 Å². The van der Waals surface area contributed by atoms with E-state index in [9.17, 15) is 22.0 Å². The average molecular weight is 627 g/mol. The fourth-order valence-electron chi connectivity index (χ4n) is 4.74. The van der Waals surface area contributed by atoms with Crippen LogP contribution < -0.4 is 14.4 Å². The van der Waals surface area contributed by atoms with Gasteiger partial charge in [0.15, 0.2) is 0 Å². The second kappa shape index (κ2) is 11.9. The number of anilines is 2. The zero-order valence-corrected chi connectivity index (χ0v) is 25.7. The Balaban J connectivity index is 1.46. The van der Waals surface area contributed by atoms with Crippen molar-refractivity contribution in [1.82, 2.24) is 20.0 Å². The number of fused-ring (bicyclic) bond motifs is 1. The number of hydrogen-bond donors (Lipinski definition) is 1. The normalized spacial score (nSPS) is 16.2. The summed E-state index contributed by atoms with van der Waals surface area (Å²) in [6.45, 7) is 8.90. The molecule has 232 valence electrons. The van der Waals surface area contributed by atoms with Crippen LogP contribution >= 0.6 is 0 Å². The molecular formula is C30H32F2N6O5S. The lowest BCUT2D eigenvalue weighted by Crippen LogP contribution is -2.53. The van der Waals surface area contributed by atoms with Crippen molar-refractivity contribution in [2.75, 3.05) is 36.4 Å². The zero-order chi connectivity index (χ0) is 31.8. The highest BCUT2D eigenvalue weighted by Gasteiger charge is 2.32. The van der Waals surface area contributed by atoms with Crippen molar-refractivity contribution in [3.8, 4) is 17.0 Å². The number of ether oxygens (including phenoxy) is 1. The molecule has 0 saturated carbocycles. The number of nitrogens with one attached hydrogen (secondary N) is 1. The molecule has 1 aliphatic heterocycles. The highest BCUT2D eigenvalue weighted by atomic mass is 32.2. The van der Waals surface area contributed by atoms with Crippen molar-refractivity contribution in [2.45, 2.75) is 38.6 Å². The number of nitrogens with zero attached hydrogens (tertiary/aromatic N) is 5. The number of pyridine rings is 1. The number of benzene rings is 2. The smallest absolute Gasteiger partial charge is 0.330 e. The molecule has 0 spiro atoms. The van der Waals surface area contributed by atoms with Gasteiger partial charge in [-0.2, -0.15) is 0 Å². The van der Waals surface area contributed by atoms with Crippen molar-refractivity contribution in [2.24, 2.45) is 5.41 Å². The van der Waals surface area contributed by atoms with Crippen LogP contribution in [0, 0.1) is 17.0 Å². The lowest BCUT2D eigenvalue weighted by atomic mass is 9.98. The van der Waals surface area contributed by atoms with Crippen LogP contribution in [0.15, 0.2) is 59.9 Å². The molecule has 2 aromatic carbocycles. The Labute approximate surface area is 253 Å². The second-order valence-electron chi connectivity index (χ2n) is 11.4. The van der Waals surface area contributed by atoms with Crippen LogP contribution in [-0.4, -0.2) is 67.2 Å². The Bertz CT molecular complexity index is 1830. The number of rotatable bonds is 7. The van der Waals surface area contributed by atoms with E-state index in [1.54, 1.807) is 38.0 Å². The first kappa shape index (κ1) is 31.0. The molecule has 0 amide bonds. The Hall–Kier alpha value is -4.43. The van der Waals surface area contributed by atoms with Gasteiger partial charge < -0.3 is 14.5 Å². The molecule has 11 nitrogen and oxygen atoms in total. The molecule has 0 radical (unpaired) electrons. The molecule has 5 rings (SSSR count). The van der Waals surface area contributed by atoms with Gasteiger partial charge in [0, 0.05) is 35.8 Å². The second-order valence-corrected chi connectivity index (χ2v) is 13.1. The maximum absolute atomic E-state index is 14.3. The summed E-state index contributed by atoms with van der Waals surface area (Å²) in [5.41, 5.74) is 0.694. The van der Waals surface area contributed by atoms with Gasteiger partial charge in [0.25, 0.3) is 10.0 Å². The summed E-state index contributed by atoms with van der Waals surface area (Å²) in [6, 6.07) is 9.24. The van der Waals surface area contributed by atoms with Crippen LogP contribution in [0.2, 0.25) is 0 Å². The number of carbonyl (C=O) groups excluding carboxylic acids is 1. The van der Waals surface area contributed by atoms with Gasteiger partial charge in [-0.25, -0.2) is 36.9 Å². The van der Waals surface area contributed by atoms with Crippen LogP contribution in [0.1, 0.15) is 27.7 Å². The number of piperazine rings is 1. The minimum absolute atomic E-state index is 0.0596. The molecule has 0 aliphatic carbocycles. The number of methoxy groups -OCH3 is 1. The van der Waals surface area contributed by atoms with Gasteiger partial charge in [-0.3, -0.25) is 4.72 Å². The topological polar surface area (TPSA) is 127 Å². The van der Waals surface area contributed by atoms with Crippen LogP contribution in [0.3, 0.4) is 0 Å². The first-order valence-corrected chi connectivity index (χ1v) is 15.3. The molecule has 1 atom stereocenters. The minimum Gasteiger partial charge on any atom is -0.480 e. The van der Waals surface area contributed by atoms with Crippen molar-refractivity contribution < 1.29 is 31.6 Å². The van der Waals surface area contributed by atoms with Gasteiger partial charge in [0.2, 0.25) is 5.88 Å². The Kier molecular flexibility index (Phi) is 8.40. The highest BCUT2D eigenvalue weighted by Crippen LogP contribution is 2.34. The maximum atomic E-state index is 14.3. The van der Waals surface area contributed by atoms with E-state index in [0.717, 1.165) is 17.5 Å². The maximum Gasteiger partial charge on any atom is 0.330 e. The first-order chi connectivity index (χ1) is 20.8. The quantitative estimate of drug-likeness (QED) is 0.306. The third-order valence-electron chi connectivity index (χ3n) is 7.11. The molecule has 1 saturated heterocycles. The van der Waals surface area contributed by atoms with E-state index in [0.29, 0.717) is 48.2 Å². The lowest BCUT2D eigenvalue weighted by molar-refractivity contribution is -0.203. The van der Waals surface area contributed by atoms with Crippen LogP contribution in [0.5, 0.6) is 5.88 Å². The zero-order valence-electron chi connectivity index (χ0n) is 24.8. The number of halogens is 2. The van der Waals surface area contributed by atoms with Crippen LogP contribution in [-0.2, 0) is 19.7 Å². The summed E-state index contributed by atoms with van der Waals surface area (Å²) in [5.74, 6) is -1.74. The van der Waals surface area contributed by atoms with E-state index in [2.05, 4.69) is 24.6 Å². The van der Waals surface area contributed by atoms with Gasteiger partial charge in [0.1, 0.15) is 28.7 Å².